The summed E-state index contributed by atoms with van der Waals surface area (Å²) < 4.78 is 0. The second-order valence-corrected chi connectivity index (χ2v) is 12.7. The van der Waals surface area contributed by atoms with Gasteiger partial charge in [-0.3, -0.25) is 9.59 Å². The SMILES string of the molecule is CN(C)c1cccc(CC(=O)Nc2nnc(C3CC[C@H](c4nnc(NC(=O)Cc5cccc(N(C)C)c5)s4)C3)s2)c1. The Hall–Kier alpha value is -3.90. The first-order valence-corrected chi connectivity index (χ1v) is 15.2. The topological polar surface area (TPSA) is 116 Å². The van der Waals surface area contributed by atoms with Crippen LogP contribution in [0.3, 0.4) is 0 Å². The largest absolute Gasteiger partial charge is 0.378 e. The molecule has 1 saturated carbocycles. The Morgan fingerprint density at radius 1 is 0.732 bits per heavy atom. The molecular weight excluding hydrogens is 557 g/mol. The third kappa shape index (κ3) is 7.44. The van der Waals surface area contributed by atoms with Crippen LogP contribution >= 0.6 is 22.7 Å². The number of hydrogen-bond donors (Lipinski definition) is 2. The van der Waals surface area contributed by atoms with E-state index in [1.165, 1.54) is 22.7 Å². The summed E-state index contributed by atoms with van der Waals surface area (Å²) in [6.45, 7) is 0. The lowest BCUT2D eigenvalue weighted by Crippen LogP contribution is -2.15. The summed E-state index contributed by atoms with van der Waals surface area (Å²) in [7, 11) is 7.91. The zero-order chi connectivity index (χ0) is 28.9. The molecule has 2 N–H and O–H groups in total. The fourth-order valence-electron chi connectivity index (χ4n) is 4.92. The molecule has 12 heteroatoms. The normalized spacial score (nSPS) is 16.4. The van der Waals surface area contributed by atoms with E-state index < -0.39 is 0 Å². The highest BCUT2D eigenvalue weighted by Crippen LogP contribution is 2.45. The van der Waals surface area contributed by atoms with Crippen molar-refractivity contribution in [3.05, 3.63) is 69.7 Å². The molecule has 0 radical (unpaired) electrons. The number of nitrogens with one attached hydrogen (secondary N) is 2. The molecule has 2 aromatic carbocycles. The highest BCUT2D eigenvalue weighted by Gasteiger charge is 2.32. The van der Waals surface area contributed by atoms with Gasteiger partial charge in [-0.2, -0.15) is 0 Å². The van der Waals surface area contributed by atoms with Crippen LogP contribution in [0.4, 0.5) is 21.6 Å². The molecule has 1 fully saturated rings. The number of benzene rings is 2. The Morgan fingerprint density at radius 2 is 1.17 bits per heavy atom. The average molecular weight is 591 g/mol. The number of carbonyl (C=O) groups is 2. The molecule has 4 aromatic rings. The maximum atomic E-state index is 12.6. The zero-order valence-corrected chi connectivity index (χ0v) is 25.3. The summed E-state index contributed by atoms with van der Waals surface area (Å²) in [4.78, 5) is 29.3. The van der Waals surface area contributed by atoms with Crippen LogP contribution < -0.4 is 20.4 Å². The Balaban J connectivity index is 1.12. The minimum atomic E-state index is -0.109. The van der Waals surface area contributed by atoms with Gasteiger partial charge in [0.2, 0.25) is 22.1 Å². The molecular formula is C29H34N8O2S2. The van der Waals surface area contributed by atoms with E-state index in [4.69, 9.17) is 0 Å². The van der Waals surface area contributed by atoms with E-state index in [2.05, 4.69) is 31.0 Å². The molecule has 0 spiro atoms. The number of aromatic nitrogens is 4. The third-order valence-electron chi connectivity index (χ3n) is 7.09. The first-order valence-electron chi connectivity index (χ1n) is 13.5. The smallest absolute Gasteiger partial charge is 0.230 e. The second kappa shape index (κ2) is 12.7. The lowest BCUT2D eigenvalue weighted by molar-refractivity contribution is -0.116. The summed E-state index contributed by atoms with van der Waals surface area (Å²) >= 11 is 2.87. The van der Waals surface area contributed by atoms with Crippen molar-refractivity contribution in [2.45, 2.75) is 43.9 Å². The van der Waals surface area contributed by atoms with Crippen LogP contribution in [-0.4, -0.2) is 60.4 Å². The van der Waals surface area contributed by atoms with Crippen LogP contribution in [0.1, 0.15) is 52.2 Å². The van der Waals surface area contributed by atoms with Crippen molar-refractivity contribution in [1.29, 1.82) is 0 Å². The van der Waals surface area contributed by atoms with Crippen molar-refractivity contribution < 1.29 is 9.59 Å². The van der Waals surface area contributed by atoms with Crippen molar-refractivity contribution in [3.8, 4) is 0 Å². The van der Waals surface area contributed by atoms with E-state index in [0.29, 0.717) is 10.3 Å². The van der Waals surface area contributed by atoms with Gasteiger partial charge < -0.3 is 20.4 Å². The number of amides is 2. The van der Waals surface area contributed by atoms with E-state index >= 15 is 0 Å². The molecule has 0 saturated heterocycles. The van der Waals surface area contributed by atoms with Crippen LogP contribution in [0, 0.1) is 0 Å². The number of nitrogens with zero attached hydrogens (tertiary/aromatic N) is 6. The summed E-state index contributed by atoms with van der Waals surface area (Å²) in [5, 5.41) is 25.9. The van der Waals surface area contributed by atoms with Crippen molar-refractivity contribution in [2.75, 3.05) is 48.6 Å². The molecule has 0 bridgehead atoms. The fraction of sp³-hybridized carbons (Fsp3) is 0.379. The molecule has 2 aromatic heterocycles. The van der Waals surface area contributed by atoms with Crippen LogP contribution in [-0.2, 0) is 22.4 Å². The quantitative estimate of drug-likeness (QED) is 0.267. The Labute approximate surface area is 247 Å². The van der Waals surface area contributed by atoms with Gasteiger partial charge in [-0.05, 0) is 54.7 Å². The number of hydrogen-bond acceptors (Lipinski definition) is 10. The lowest BCUT2D eigenvalue weighted by Gasteiger charge is -2.13. The van der Waals surface area contributed by atoms with Crippen LogP contribution in [0.5, 0.6) is 0 Å². The van der Waals surface area contributed by atoms with E-state index in [-0.39, 0.29) is 36.5 Å². The predicted octanol–water partition coefficient (Wildman–Crippen LogP) is 4.94. The fourth-order valence-corrected chi connectivity index (χ4v) is 6.73. The van der Waals surface area contributed by atoms with Crippen LogP contribution in [0.2, 0.25) is 0 Å². The highest BCUT2D eigenvalue weighted by molar-refractivity contribution is 7.15. The highest BCUT2D eigenvalue weighted by atomic mass is 32.1. The van der Waals surface area contributed by atoms with Gasteiger partial charge in [0.05, 0.1) is 12.8 Å². The molecule has 0 aliphatic heterocycles. The van der Waals surface area contributed by atoms with Gasteiger partial charge in [-0.15, -0.1) is 20.4 Å². The summed E-state index contributed by atoms with van der Waals surface area (Å²) in [5.41, 5.74) is 4.01. The third-order valence-corrected chi connectivity index (χ3v) is 9.09. The molecule has 5 rings (SSSR count). The minimum absolute atomic E-state index is 0.109. The number of rotatable bonds is 10. The van der Waals surface area contributed by atoms with Gasteiger partial charge in [-0.25, -0.2) is 0 Å². The summed E-state index contributed by atoms with van der Waals surface area (Å²) in [6.07, 6.45) is 3.38. The maximum absolute atomic E-state index is 12.6. The van der Waals surface area contributed by atoms with Crippen molar-refractivity contribution in [2.24, 2.45) is 0 Å². The lowest BCUT2D eigenvalue weighted by atomic mass is 10.1. The molecule has 1 aliphatic carbocycles. The van der Waals surface area contributed by atoms with E-state index in [1.807, 2.05) is 86.5 Å². The number of anilines is 4. The molecule has 2 amide bonds. The van der Waals surface area contributed by atoms with Crippen molar-refractivity contribution >= 4 is 56.1 Å². The van der Waals surface area contributed by atoms with Gasteiger partial charge in [-0.1, -0.05) is 46.9 Å². The molecule has 10 nitrogen and oxygen atoms in total. The standard InChI is InChI=1S/C29H34N8O2S2/c1-36(2)22-9-5-7-18(13-22)15-24(38)30-28-34-32-26(40-28)20-11-12-21(17-20)27-33-35-29(41-27)31-25(39)16-19-8-6-10-23(14-19)37(3)4/h5-10,13-14,20-21H,11-12,15-17H2,1-4H3,(H,30,34,38)(H,31,35,39)/t20-,21?/m0/s1. The van der Waals surface area contributed by atoms with Crippen molar-refractivity contribution in [3.63, 3.8) is 0 Å². The Morgan fingerprint density at radius 3 is 1.59 bits per heavy atom. The van der Waals surface area contributed by atoms with E-state index in [0.717, 1.165) is 51.8 Å². The Kier molecular flexibility index (Phi) is 8.89. The first-order chi connectivity index (χ1) is 19.7. The van der Waals surface area contributed by atoms with Gasteiger partial charge >= 0.3 is 0 Å². The molecule has 1 unspecified atom stereocenters. The monoisotopic (exact) mass is 590 g/mol. The molecule has 214 valence electrons. The molecule has 41 heavy (non-hydrogen) atoms. The number of carbonyl (C=O) groups excluding carboxylic acids is 2. The van der Waals surface area contributed by atoms with Gasteiger partial charge in [0.15, 0.2) is 0 Å². The second-order valence-electron chi connectivity index (χ2n) is 10.7. The van der Waals surface area contributed by atoms with Crippen LogP contribution in [0.15, 0.2) is 48.5 Å². The van der Waals surface area contributed by atoms with Crippen LogP contribution in [0.25, 0.3) is 0 Å². The zero-order valence-electron chi connectivity index (χ0n) is 23.6. The van der Waals surface area contributed by atoms with E-state index in [9.17, 15) is 9.59 Å². The van der Waals surface area contributed by atoms with E-state index in [1.54, 1.807) is 0 Å². The minimum Gasteiger partial charge on any atom is -0.378 e. The Bertz CT molecular complexity index is 1400. The van der Waals surface area contributed by atoms with Gasteiger partial charge in [0.1, 0.15) is 10.0 Å². The first kappa shape index (κ1) is 28.6. The van der Waals surface area contributed by atoms with Crippen molar-refractivity contribution in [1.82, 2.24) is 20.4 Å². The maximum Gasteiger partial charge on any atom is 0.230 e. The van der Waals surface area contributed by atoms with Gasteiger partial charge in [0, 0.05) is 51.4 Å². The van der Waals surface area contributed by atoms with Gasteiger partial charge in [0.25, 0.3) is 0 Å². The summed E-state index contributed by atoms with van der Waals surface area (Å²) in [5.74, 6) is 0.292. The summed E-state index contributed by atoms with van der Waals surface area (Å²) in [6, 6.07) is 15.9. The average Bonchev–Trinajstić information content (AvgIpc) is 3.70. The predicted molar refractivity (Wildman–Crippen MR) is 165 cm³/mol. The molecule has 1 aliphatic rings. The molecule has 2 heterocycles. The molecule has 2 atom stereocenters.